The fourth-order valence-electron chi connectivity index (χ4n) is 3.96. The van der Waals surface area contributed by atoms with Crippen LogP contribution in [-0.4, -0.2) is 56.4 Å². The molecule has 0 aromatic heterocycles. The van der Waals surface area contributed by atoms with Gasteiger partial charge >= 0.3 is 0 Å². The third-order valence-corrected chi connectivity index (χ3v) is 7.45. The number of benzene rings is 1. The van der Waals surface area contributed by atoms with Crippen LogP contribution in [0.4, 0.5) is 0 Å². The third kappa shape index (κ3) is 3.38. The van der Waals surface area contributed by atoms with Gasteiger partial charge in [-0.3, -0.25) is 0 Å². The van der Waals surface area contributed by atoms with Gasteiger partial charge in [-0.05, 0) is 23.8 Å². The second-order valence-corrected chi connectivity index (χ2v) is 9.51. The van der Waals surface area contributed by atoms with E-state index in [2.05, 4.69) is 26.0 Å². The molecule has 6 heteroatoms. The first-order valence-corrected chi connectivity index (χ1v) is 10.1. The standard InChI is InChI=1S/C18H28N2O3S/c1-18(2)14-20(13-17(18)15-7-5-4-6-8-15)24(21,22)19-11-9-16(23-3)10-12-19/h4-8,16-17H,9-14H2,1-3H3/t17-/m0/s1. The molecule has 1 aromatic carbocycles. The van der Waals surface area contributed by atoms with Crippen LogP contribution in [0.15, 0.2) is 30.3 Å². The van der Waals surface area contributed by atoms with Crippen molar-refractivity contribution in [3.8, 4) is 0 Å². The Kier molecular flexibility index (Phi) is 5.02. The first-order valence-electron chi connectivity index (χ1n) is 8.67. The van der Waals surface area contributed by atoms with Crippen molar-refractivity contribution in [1.29, 1.82) is 0 Å². The van der Waals surface area contributed by atoms with Gasteiger partial charge in [0.05, 0.1) is 6.10 Å². The second-order valence-electron chi connectivity index (χ2n) is 7.59. The van der Waals surface area contributed by atoms with Crippen LogP contribution in [0.5, 0.6) is 0 Å². The highest BCUT2D eigenvalue weighted by atomic mass is 32.2. The van der Waals surface area contributed by atoms with Gasteiger partial charge in [0.15, 0.2) is 0 Å². The zero-order chi connectivity index (χ0) is 17.4. The SMILES string of the molecule is COC1CCN(S(=O)(=O)N2C[C@@H](c3ccccc3)C(C)(C)C2)CC1. The molecule has 2 fully saturated rings. The number of nitrogens with zero attached hydrogens (tertiary/aromatic N) is 2. The van der Waals surface area contributed by atoms with Crippen molar-refractivity contribution < 1.29 is 13.2 Å². The van der Waals surface area contributed by atoms with E-state index in [1.54, 1.807) is 15.7 Å². The highest BCUT2D eigenvalue weighted by Gasteiger charge is 2.46. The lowest BCUT2D eigenvalue weighted by Gasteiger charge is -2.33. The number of hydrogen-bond donors (Lipinski definition) is 0. The van der Waals surface area contributed by atoms with Gasteiger partial charge in [0.25, 0.3) is 10.2 Å². The highest BCUT2D eigenvalue weighted by molar-refractivity contribution is 7.86. The van der Waals surface area contributed by atoms with E-state index in [1.165, 1.54) is 5.56 Å². The van der Waals surface area contributed by atoms with Crippen LogP contribution in [0.3, 0.4) is 0 Å². The van der Waals surface area contributed by atoms with Gasteiger partial charge in [-0.1, -0.05) is 44.2 Å². The van der Waals surface area contributed by atoms with E-state index in [1.807, 2.05) is 18.2 Å². The van der Waals surface area contributed by atoms with Gasteiger partial charge < -0.3 is 4.74 Å². The molecule has 0 bridgehead atoms. The smallest absolute Gasteiger partial charge is 0.282 e. The molecule has 5 nitrogen and oxygen atoms in total. The molecule has 2 aliphatic heterocycles. The van der Waals surface area contributed by atoms with E-state index in [0.717, 1.165) is 12.8 Å². The fourth-order valence-corrected chi connectivity index (χ4v) is 5.79. The molecule has 0 aliphatic carbocycles. The summed E-state index contributed by atoms with van der Waals surface area (Å²) in [5, 5.41) is 0. The summed E-state index contributed by atoms with van der Waals surface area (Å²) in [6.45, 7) is 6.55. The van der Waals surface area contributed by atoms with E-state index < -0.39 is 10.2 Å². The maximum atomic E-state index is 13.1. The summed E-state index contributed by atoms with van der Waals surface area (Å²) < 4.78 is 34.8. The van der Waals surface area contributed by atoms with Crippen molar-refractivity contribution in [1.82, 2.24) is 8.61 Å². The minimum Gasteiger partial charge on any atom is -0.381 e. The quantitative estimate of drug-likeness (QED) is 0.836. The molecule has 0 radical (unpaired) electrons. The van der Waals surface area contributed by atoms with Crippen LogP contribution < -0.4 is 0 Å². The van der Waals surface area contributed by atoms with Crippen LogP contribution in [0.2, 0.25) is 0 Å². The maximum Gasteiger partial charge on any atom is 0.282 e. The van der Waals surface area contributed by atoms with E-state index in [-0.39, 0.29) is 17.4 Å². The lowest BCUT2D eigenvalue weighted by atomic mass is 9.78. The molecule has 1 aromatic rings. The van der Waals surface area contributed by atoms with Gasteiger partial charge in [0.2, 0.25) is 0 Å². The molecule has 0 spiro atoms. The predicted octanol–water partition coefficient (Wildman–Crippen LogP) is 2.47. The number of piperidine rings is 1. The van der Waals surface area contributed by atoms with Crippen LogP contribution in [0.25, 0.3) is 0 Å². The molecule has 1 atom stereocenters. The monoisotopic (exact) mass is 352 g/mol. The summed E-state index contributed by atoms with van der Waals surface area (Å²) >= 11 is 0. The molecule has 0 unspecified atom stereocenters. The van der Waals surface area contributed by atoms with Crippen LogP contribution in [0, 0.1) is 5.41 Å². The Labute approximate surface area is 145 Å². The summed E-state index contributed by atoms with van der Waals surface area (Å²) in [5.41, 5.74) is 1.15. The molecule has 0 saturated carbocycles. The van der Waals surface area contributed by atoms with Gasteiger partial charge in [-0.25, -0.2) is 0 Å². The minimum absolute atomic E-state index is 0.0702. The van der Waals surface area contributed by atoms with Crippen molar-refractivity contribution in [2.45, 2.75) is 38.7 Å². The van der Waals surface area contributed by atoms with Crippen LogP contribution >= 0.6 is 0 Å². The highest BCUT2D eigenvalue weighted by Crippen LogP contribution is 2.43. The lowest BCUT2D eigenvalue weighted by molar-refractivity contribution is 0.0592. The molecule has 2 saturated heterocycles. The summed E-state index contributed by atoms with van der Waals surface area (Å²) in [6.07, 6.45) is 1.73. The molecule has 24 heavy (non-hydrogen) atoms. The normalized spacial score (nSPS) is 26.7. The van der Waals surface area contributed by atoms with E-state index in [9.17, 15) is 8.42 Å². The van der Waals surface area contributed by atoms with Crippen molar-refractivity contribution in [2.75, 3.05) is 33.3 Å². The Morgan fingerprint density at radius 1 is 1.08 bits per heavy atom. The van der Waals surface area contributed by atoms with Gasteiger partial charge in [-0.2, -0.15) is 17.0 Å². The van der Waals surface area contributed by atoms with Gasteiger partial charge in [0.1, 0.15) is 0 Å². The third-order valence-electron chi connectivity index (χ3n) is 5.50. The Morgan fingerprint density at radius 3 is 2.29 bits per heavy atom. The molecule has 2 aliphatic rings. The summed E-state index contributed by atoms with van der Waals surface area (Å²) in [6, 6.07) is 10.3. The molecular formula is C18H28N2O3S. The molecule has 3 rings (SSSR count). The van der Waals surface area contributed by atoms with Gasteiger partial charge in [0, 0.05) is 39.2 Å². The number of hydrogen-bond acceptors (Lipinski definition) is 3. The van der Waals surface area contributed by atoms with E-state index in [4.69, 9.17) is 4.74 Å². The van der Waals surface area contributed by atoms with Crippen molar-refractivity contribution in [3.05, 3.63) is 35.9 Å². The van der Waals surface area contributed by atoms with Crippen LogP contribution in [0.1, 0.15) is 38.2 Å². The molecule has 0 N–H and O–H groups in total. The number of rotatable bonds is 4. The van der Waals surface area contributed by atoms with E-state index in [0.29, 0.717) is 26.2 Å². The minimum atomic E-state index is -3.39. The van der Waals surface area contributed by atoms with Gasteiger partial charge in [-0.15, -0.1) is 0 Å². The Hall–Kier alpha value is -0.950. The molecular weight excluding hydrogens is 324 g/mol. The zero-order valence-electron chi connectivity index (χ0n) is 14.8. The number of ether oxygens (including phenoxy) is 1. The summed E-state index contributed by atoms with van der Waals surface area (Å²) in [7, 11) is -1.70. The van der Waals surface area contributed by atoms with Crippen molar-refractivity contribution in [2.24, 2.45) is 5.41 Å². The van der Waals surface area contributed by atoms with Crippen molar-refractivity contribution >= 4 is 10.2 Å². The summed E-state index contributed by atoms with van der Waals surface area (Å²) in [4.78, 5) is 0. The second kappa shape index (κ2) is 6.75. The average molecular weight is 353 g/mol. The first-order chi connectivity index (χ1) is 11.3. The predicted molar refractivity (Wildman–Crippen MR) is 95.1 cm³/mol. The largest absolute Gasteiger partial charge is 0.381 e. The van der Waals surface area contributed by atoms with Crippen molar-refractivity contribution in [3.63, 3.8) is 0 Å². The molecule has 2 heterocycles. The van der Waals surface area contributed by atoms with E-state index >= 15 is 0 Å². The zero-order valence-corrected chi connectivity index (χ0v) is 15.6. The lowest BCUT2D eigenvalue weighted by Crippen LogP contribution is -2.47. The first kappa shape index (κ1) is 17.9. The topological polar surface area (TPSA) is 49.9 Å². The average Bonchev–Trinajstić information content (AvgIpc) is 2.92. The Bertz CT molecular complexity index is 652. The Morgan fingerprint density at radius 2 is 1.71 bits per heavy atom. The fraction of sp³-hybridized carbons (Fsp3) is 0.667. The Balaban J connectivity index is 1.76. The summed E-state index contributed by atoms with van der Waals surface area (Å²) in [5.74, 6) is 0.227. The molecule has 0 amide bonds. The number of methoxy groups -OCH3 is 1. The molecule has 134 valence electrons. The van der Waals surface area contributed by atoms with Crippen LogP contribution in [-0.2, 0) is 14.9 Å². The maximum absolute atomic E-state index is 13.1.